The molecule has 0 bridgehead atoms. The number of nitrogens with one attached hydrogen (secondary N) is 1. The number of rotatable bonds is 4. The molecule has 1 saturated heterocycles. The monoisotopic (exact) mass is 372 g/mol. The van der Waals surface area contributed by atoms with Crippen molar-refractivity contribution in [2.75, 3.05) is 10.7 Å². The molecule has 0 aliphatic carbocycles. The molecular weight excluding hydrogens is 360 g/mol. The number of nitrogens with zero attached hydrogens (tertiary/aromatic N) is 3. The van der Waals surface area contributed by atoms with E-state index >= 15 is 0 Å². The minimum Gasteiger partial charge on any atom is -0.508 e. The standard InChI is InChI=1S/C16H12N4O5S/c21-13-7-1-10(2-8-13)15(23)17-18-16-19(14(22)9-26-16)11-3-5-12(6-4-11)20(24)25/h1-8,21H,9H2,(H,17,23)/b18-16+. The van der Waals surface area contributed by atoms with E-state index in [1.807, 2.05) is 0 Å². The summed E-state index contributed by atoms with van der Waals surface area (Å²) in [5.74, 6) is -0.568. The first-order chi connectivity index (χ1) is 12.5. The molecule has 132 valence electrons. The Morgan fingerprint density at radius 2 is 1.85 bits per heavy atom. The fourth-order valence-corrected chi connectivity index (χ4v) is 3.03. The molecule has 0 radical (unpaired) electrons. The molecular formula is C16H12N4O5S. The fraction of sp³-hybridized carbons (Fsp3) is 0.0625. The van der Waals surface area contributed by atoms with Gasteiger partial charge in [0.2, 0.25) is 5.91 Å². The zero-order chi connectivity index (χ0) is 18.7. The zero-order valence-electron chi connectivity index (χ0n) is 13.2. The first-order valence-electron chi connectivity index (χ1n) is 7.33. The Hall–Kier alpha value is -3.40. The summed E-state index contributed by atoms with van der Waals surface area (Å²) in [6.07, 6.45) is 0. The van der Waals surface area contributed by atoms with Crippen LogP contribution in [-0.4, -0.2) is 32.8 Å². The molecule has 1 aliphatic rings. The Balaban J connectivity index is 1.78. The summed E-state index contributed by atoms with van der Waals surface area (Å²) in [4.78, 5) is 35.7. The first-order valence-corrected chi connectivity index (χ1v) is 8.31. The van der Waals surface area contributed by atoms with E-state index < -0.39 is 10.8 Å². The topological polar surface area (TPSA) is 125 Å². The van der Waals surface area contributed by atoms with Crippen molar-refractivity contribution in [1.29, 1.82) is 0 Å². The van der Waals surface area contributed by atoms with Gasteiger partial charge in [-0.3, -0.25) is 24.6 Å². The van der Waals surface area contributed by atoms with Gasteiger partial charge in [0.05, 0.1) is 16.4 Å². The van der Waals surface area contributed by atoms with Crippen LogP contribution in [0, 0.1) is 10.1 Å². The maximum Gasteiger partial charge on any atom is 0.271 e. The number of nitro benzene ring substituents is 1. The number of amidine groups is 1. The second-order valence-corrected chi connectivity index (χ2v) is 6.12. The van der Waals surface area contributed by atoms with Gasteiger partial charge >= 0.3 is 0 Å². The van der Waals surface area contributed by atoms with Gasteiger partial charge in [0.1, 0.15) is 5.75 Å². The molecule has 26 heavy (non-hydrogen) atoms. The predicted octanol–water partition coefficient (Wildman–Crippen LogP) is 2.08. The van der Waals surface area contributed by atoms with E-state index in [2.05, 4.69) is 10.5 Å². The number of phenols is 1. The molecule has 0 unspecified atom stereocenters. The summed E-state index contributed by atoms with van der Waals surface area (Å²) in [5.41, 5.74) is 2.98. The van der Waals surface area contributed by atoms with Gasteiger partial charge < -0.3 is 5.11 Å². The van der Waals surface area contributed by atoms with Crippen LogP contribution in [0.2, 0.25) is 0 Å². The maximum atomic E-state index is 12.1. The molecule has 0 saturated carbocycles. The van der Waals surface area contributed by atoms with E-state index in [4.69, 9.17) is 0 Å². The van der Waals surface area contributed by atoms with Crippen molar-refractivity contribution in [2.45, 2.75) is 0 Å². The highest BCUT2D eigenvalue weighted by atomic mass is 32.2. The molecule has 0 spiro atoms. The number of carbonyl (C=O) groups is 2. The Bertz CT molecular complexity index is 896. The van der Waals surface area contributed by atoms with Crippen molar-refractivity contribution in [3.63, 3.8) is 0 Å². The highest BCUT2D eigenvalue weighted by Crippen LogP contribution is 2.28. The van der Waals surface area contributed by atoms with Gasteiger partial charge in [0.15, 0.2) is 5.17 Å². The molecule has 0 aromatic heterocycles. The van der Waals surface area contributed by atoms with Gasteiger partial charge in [0.25, 0.3) is 11.6 Å². The maximum absolute atomic E-state index is 12.1. The third-order valence-corrected chi connectivity index (χ3v) is 4.39. The number of non-ortho nitro benzene ring substituents is 1. The van der Waals surface area contributed by atoms with Crippen LogP contribution < -0.4 is 10.3 Å². The first kappa shape index (κ1) is 17.4. The lowest BCUT2D eigenvalue weighted by atomic mass is 10.2. The summed E-state index contributed by atoms with van der Waals surface area (Å²) < 4.78 is 0. The normalized spacial score (nSPS) is 15.3. The quantitative estimate of drug-likeness (QED) is 0.625. The lowest BCUT2D eigenvalue weighted by Crippen LogP contribution is -2.31. The number of anilines is 1. The van der Waals surface area contributed by atoms with E-state index in [1.54, 1.807) is 0 Å². The molecule has 2 N–H and O–H groups in total. The van der Waals surface area contributed by atoms with Crippen LogP contribution in [-0.2, 0) is 4.79 Å². The van der Waals surface area contributed by atoms with Crippen molar-refractivity contribution in [1.82, 2.24) is 5.43 Å². The third-order valence-electron chi connectivity index (χ3n) is 3.47. The van der Waals surface area contributed by atoms with Gasteiger partial charge in [-0.05, 0) is 36.4 Å². The van der Waals surface area contributed by atoms with Crippen molar-refractivity contribution >= 4 is 40.1 Å². The summed E-state index contributed by atoms with van der Waals surface area (Å²) in [6, 6.07) is 11.1. The summed E-state index contributed by atoms with van der Waals surface area (Å²) in [6.45, 7) is 0. The van der Waals surface area contributed by atoms with Crippen molar-refractivity contribution in [2.24, 2.45) is 5.10 Å². The Morgan fingerprint density at radius 1 is 1.19 bits per heavy atom. The highest BCUT2D eigenvalue weighted by Gasteiger charge is 2.30. The molecule has 2 aromatic rings. The second-order valence-electron chi connectivity index (χ2n) is 5.17. The molecule has 1 heterocycles. The number of hydrogen-bond donors (Lipinski definition) is 2. The Morgan fingerprint density at radius 3 is 2.46 bits per heavy atom. The highest BCUT2D eigenvalue weighted by molar-refractivity contribution is 8.15. The van der Waals surface area contributed by atoms with Crippen LogP contribution in [0.1, 0.15) is 10.4 Å². The fourth-order valence-electron chi connectivity index (χ4n) is 2.20. The van der Waals surface area contributed by atoms with Crippen LogP contribution >= 0.6 is 11.8 Å². The number of phenolic OH excluding ortho intramolecular Hbond substituents is 1. The number of hydrogen-bond acceptors (Lipinski definition) is 7. The van der Waals surface area contributed by atoms with E-state index in [-0.39, 0.29) is 28.3 Å². The summed E-state index contributed by atoms with van der Waals surface area (Å²) in [7, 11) is 0. The van der Waals surface area contributed by atoms with Gasteiger partial charge in [-0.25, -0.2) is 5.43 Å². The van der Waals surface area contributed by atoms with Crippen LogP contribution in [0.25, 0.3) is 0 Å². The van der Waals surface area contributed by atoms with Crippen molar-refractivity contribution < 1.29 is 19.6 Å². The third kappa shape index (κ3) is 3.64. The van der Waals surface area contributed by atoms with Gasteiger partial charge in [-0.15, -0.1) is 5.10 Å². The number of aromatic hydroxyl groups is 1. The van der Waals surface area contributed by atoms with Crippen LogP contribution in [0.3, 0.4) is 0 Å². The SMILES string of the molecule is O=C(N/N=C1/SCC(=O)N1c1ccc([N+](=O)[O-])cc1)c1ccc(O)cc1. The second kappa shape index (κ2) is 7.23. The largest absolute Gasteiger partial charge is 0.508 e. The summed E-state index contributed by atoms with van der Waals surface area (Å²) in [5, 5.41) is 24.2. The Labute approximate surface area is 151 Å². The molecule has 9 nitrogen and oxygen atoms in total. The predicted molar refractivity (Wildman–Crippen MR) is 96.0 cm³/mol. The number of amides is 2. The molecule has 2 amide bonds. The lowest BCUT2D eigenvalue weighted by molar-refractivity contribution is -0.384. The Kier molecular flexibility index (Phi) is 4.85. The number of hydrazone groups is 1. The molecule has 2 aromatic carbocycles. The van der Waals surface area contributed by atoms with Crippen LogP contribution in [0.15, 0.2) is 53.6 Å². The molecule has 10 heteroatoms. The van der Waals surface area contributed by atoms with Crippen molar-refractivity contribution in [3.8, 4) is 5.75 Å². The van der Waals surface area contributed by atoms with E-state index in [0.717, 1.165) is 11.8 Å². The number of benzene rings is 2. The van der Waals surface area contributed by atoms with Gasteiger partial charge in [0, 0.05) is 17.7 Å². The molecule has 1 aliphatic heterocycles. The smallest absolute Gasteiger partial charge is 0.271 e. The minimum atomic E-state index is -0.531. The summed E-state index contributed by atoms with van der Waals surface area (Å²) >= 11 is 1.14. The van der Waals surface area contributed by atoms with E-state index in [9.17, 15) is 24.8 Å². The minimum absolute atomic E-state index is 0.0363. The average Bonchev–Trinajstić information content (AvgIpc) is 3.01. The van der Waals surface area contributed by atoms with Crippen LogP contribution in [0.5, 0.6) is 5.75 Å². The van der Waals surface area contributed by atoms with Gasteiger partial charge in [-0.2, -0.15) is 0 Å². The van der Waals surface area contributed by atoms with Gasteiger partial charge in [-0.1, -0.05) is 11.8 Å². The lowest BCUT2D eigenvalue weighted by Gasteiger charge is -2.15. The van der Waals surface area contributed by atoms with Crippen molar-refractivity contribution in [3.05, 3.63) is 64.2 Å². The number of thioether (sulfide) groups is 1. The molecule has 0 atom stereocenters. The van der Waals surface area contributed by atoms with Crippen LogP contribution in [0.4, 0.5) is 11.4 Å². The number of nitro groups is 1. The molecule has 1 fully saturated rings. The zero-order valence-corrected chi connectivity index (χ0v) is 14.0. The van der Waals surface area contributed by atoms with E-state index in [0.29, 0.717) is 11.3 Å². The van der Waals surface area contributed by atoms with E-state index in [1.165, 1.54) is 53.4 Å². The molecule has 3 rings (SSSR count). The number of carbonyl (C=O) groups excluding carboxylic acids is 2. The average molecular weight is 372 g/mol.